The number of methoxy groups -OCH3 is 1. The normalized spacial score (nSPS) is 10.3. The summed E-state index contributed by atoms with van der Waals surface area (Å²) in [6.07, 6.45) is 2.90. The van der Waals surface area contributed by atoms with Crippen LogP contribution in [0.4, 0.5) is 0 Å². The Morgan fingerprint density at radius 1 is 1.45 bits per heavy atom. The molecule has 2 aromatic rings. The SMILES string of the molecule is COc1ccc(C(C)=O)cc1Cn1cncc(Br)c1=O. The summed E-state index contributed by atoms with van der Waals surface area (Å²) in [5.74, 6) is 0.593. The molecule has 0 aliphatic carbocycles. The van der Waals surface area contributed by atoms with Crippen LogP contribution in [0.2, 0.25) is 0 Å². The number of carbonyl (C=O) groups is 1. The van der Waals surface area contributed by atoms with Crippen LogP contribution in [0.25, 0.3) is 0 Å². The van der Waals surface area contributed by atoms with E-state index in [2.05, 4.69) is 20.9 Å². The molecule has 104 valence electrons. The van der Waals surface area contributed by atoms with Crippen LogP contribution in [0.1, 0.15) is 22.8 Å². The summed E-state index contributed by atoms with van der Waals surface area (Å²) in [7, 11) is 1.55. The predicted molar refractivity (Wildman–Crippen MR) is 78.3 cm³/mol. The van der Waals surface area contributed by atoms with Gasteiger partial charge < -0.3 is 4.74 Å². The molecule has 0 aliphatic heterocycles. The zero-order chi connectivity index (χ0) is 14.7. The first-order chi connectivity index (χ1) is 9.52. The molecule has 0 radical (unpaired) electrons. The Bertz CT molecular complexity index is 710. The van der Waals surface area contributed by atoms with Crippen LogP contribution >= 0.6 is 15.9 Å². The lowest BCUT2D eigenvalue weighted by atomic mass is 10.1. The van der Waals surface area contributed by atoms with E-state index in [0.717, 1.165) is 5.56 Å². The van der Waals surface area contributed by atoms with Crippen molar-refractivity contribution < 1.29 is 9.53 Å². The molecule has 0 aliphatic rings. The smallest absolute Gasteiger partial charge is 0.267 e. The Morgan fingerprint density at radius 2 is 2.20 bits per heavy atom. The van der Waals surface area contributed by atoms with E-state index >= 15 is 0 Å². The monoisotopic (exact) mass is 336 g/mol. The number of halogens is 1. The molecule has 0 atom stereocenters. The maximum atomic E-state index is 12.0. The largest absolute Gasteiger partial charge is 0.496 e. The van der Waals surface area contributed by atoms with Gasteiger partial charge in [-0.1, -0.05) is 0 Å². The highest BCUT2D eigenvalue weighted by atomic mass is 79.9. The van der Waals surface area contributed by atoms with Crippen LogP contribution in [0.15, 0.2) is 40.0 Å². The molecule has 5 nitrogen and oxygen atoms in total. The second kappa shape index (κ2) is 6.00. The van der Waals surface area contributed by atoms with Crippen LogP contribution < -0.4 is 10.3 Å². The minimum absolute atomic E-state index is 0.0337. The third kappa shape index (κ3) is 2.96. The number of ketones is 1. The van der Waals surface area contributed by atoms with Crippen LogP contribution in [0, 0.1) is 0 Å². The Hall–Kier alpha value is -1.95. The highest BCUT2D eigenvalue weighted by Crippen LogP contribution is 2.21. The average Bonchev–Trinajstić information content (AvgIpc) is 2.43. The predicted octanol–water partition coefficient (Wildman–Crippen LogP) is 2.27. The van der Waals surface area contributed by atoms with Gasteiger partial charge in [0.05, 0.1) is 20.0 Å². The number of Topliss-reactive ketones (excluding diaryl/α,β-unsaturated/α-hetero) is 1. The van der Waals surface area contributed by atoms with Gasteiger partial charge in [-0.25, -0.2) is 4.98 Å². The molecule has 0 unspecified atom stereocenters. The van der Waals surface area contributed by atoms with E-state index in [9.17, 15) is 9.59 Å². The molecule has 1 aromatic carbocycles. The minimum atomic E-state index is -0.185. The van der Waals surface area contributed by atoms with Gasteiger partial charge in [0.15, 0.2) is 5.78 Å². The van der Waals surface area contributed by atoms with Crippen molar-refractivity contribution in [3.8, 4) is 5.75 Å². The lowest BCUT2D eigenvalue weighted by molar-refractivity contribution is 0.101. The van der Waals surface area contributed by atoms with Crippen LogP contribution in [-0.2, 0) is 6.54 Å². The summed E-state index contributed by atoms with van der Waals surface area (Å²) in [6.45, 7) is 1.79. The molecule has 20 heavy (non-hydrogen) atoms. The molecule has 0 amide bonds. The van der Waals surface area contributed by atoms with Crippen LogP contribution in [0.3, 0.4) is 0 Å². The van der Waals surface area contributed by atoms with E-state index in [1.165, 1.54) is 24.0 Å². The van der Waals surface area contributed by atoms with Crippen molar-refractivity contribution in [2.75, 3.05) is 7.11 Å². The molecule has 2 rings (SSSR count). The fourth-order valence-electron chi connectivity index (χ4n) is 1.84. The number of hydrogen-bond donors (Lipinski definition) is 0. The first-order valence-electron chi connectivity index (χ1n) is 5.90. The summed E-state index contributed by atoms with van der Waals surface area (Å²) in [4.78, 5) is 27.4. The van der Waals surface area contributed by atoms with E-state index in [4.69, 9.17) is 4.74 Å². The molecule has 0 bridgehead atoms. The van der Waals surface area contributed by atoms with E-state index in [0.29, 0.717) is 15.8 Å². The number of aromatic nitrogens is 2. The Morgan fingerprint density at radius 3 is 2.85 bits per heavy atom. The van der Waals surface area contributed by atoms with Gasteiger partial charge in [-0.05, 0) is 41.1 Å². The van der Waals surface area contributed by atoms with Crippen molar-refractivity contribution in [1.29, 1.82) is 0 Å². The van der Waals surface area contributed by atoms with Gasteiger partial charge in [-0.15, -0.1) is 0 Å². The molecule has 0 fully saturated rings. The van der Waals surface area contributed by atoms with E-state index in [1.807, 2.05) is 0 Å². The van der Waals surface area contributed by atoms with Crippen molar-refractivity contribution in [2.24, 2.45) is 0 Å². The van der Waals surface area contributed by atoms with Gasteiger partial charge >= 0.3 is 0 Å². The van der Waals surface area contributed by atoms with E-state index in [1.54, 1.807) is 25.3 Å². The first kappa shape index (κ1) is 14.5. The van der Waals surface area contributed by atoms with Crippen molar-refractivity contribution in [1.82, 2.24) is 9.55 Å². The Kier molecular flexibility index (Phi) is 4.34. The molecule has 0 saturated heterocycles. The summed E-state index contributed by atoms with van der Waals surface area (Å²) in [5.41, 5.74) is 1.15. The van der Waals surface area contributed by atoms with Gasteiger partial charge in [-0.2, -0.15) is 0 Å². The summed E-state index contributed by atoms with van der Waals surface area (Å²) < 4.78 is 7.10. The maximum absolute atomic E-state index is 12.0. The molecule has 1 heterocycles. The van der Waals surface area contributed by atoms with Crippen LogP contribution in [0.5, 0.6) is 5.75 Å². The Labute approximate surface area is 124 Å². The fraction of sp³-hybridized carbons (Fsp3) is 0.214. The number of nitrogens with zero attached hydrogens (tertiary/aromatic N) is 2. The molecular formula is C14H13BrN2O3. The van der Waals surface area contributed by atoms with Crippen molar-refractivity contribution in [2.45, 2.75) is 13.5 Å². The summed E-state index contributed by atoms with van der Waals surface area (Å²) in [6, 6.07) is 5.16. The topological polar surface area (TPSA) is 61.2 Å². The van der Waals surface area contributed by atoms with Gasteiger partial charge in [0.25, 0.3) is 5.56 Å². The van der Waals surface area contributed by atoms with Crippen molar-refractivity contribution in [3.05, 3.63) is 56.7 Å². The zero-order valence-electron chi connectivity index (χ0n) is 11.1. The number of rotatable bonds is 4. The third-order valence-electron chi connectivity index (χ3n) is 2.89. The molecular weight excluding hydrogens is 324 g/mol. The highest BCUT2D eigenvalue weighted by molar-refractivity contribution is 9.10. The first-order valence-corrected chi connectivity index (χ1v) is 6.70. The lowest BCUT2D eigenvalue weighted by Gasteiger charge is -2.11. The minimum Gasteiger partial charge on any atom is -0.496 e. The van der Waals surface area contributed by atoms with E-state index in [-0.39, 0.29) is 17.9 Å². The summed E-state index contributed by atoms with van der Waals surface area (Å²) >= 11 is 3.15. The quantitative estimate of drug-likeness (QED) is 0.803. The second-order valence-electron chi connectivity index (χ2n) is 4.26. The van der Waals surface area contributed by atoms with Gasteiger partial charge in [0.1, 0.15) is 10.2 Å². The molecule has 1 aromatic heterocycles. The fourth-order valence-corrected chi connectivity index (χ4v) is 2.19. The van der Waals surface area contributed by atoms with E-state index < -0.39 is 0 Å². The molecule has 0 saturated carbocycles. The summed E-state index contributed by atoms with van der Waals surface area (Å²) in [5, 5.41) is 0. The number of ether oxygens (including phenoxy) is 1. The number of benzene rings is 1. The Balaban J connectivity index is 2.46. The maximum Gasteiger partial charge on any atom is 0.267 e. The van der Waals surface area contributed by atoms with Gasteiger partial charge in [0, 0.05) is 17.3 Å². The van der Waals surface area contributed by atoms with Crippen LogP contribution in [-0.4, -0.2) is 22.4 Å². The van der Waals surface area contributed by atoms with Crippen molar-refractivity contribution in [3.63, 3.8) is 0 Å². The lowest BCUT2D eigenvalue weighted by Crippen LogP contribution is -2.21. The number of carbonyl (C=O) groups excluding carboxylic acids is 1. The standard InChI is InChI=1S/C14H13BrN2O3/c1-9(18)10-3-4-13(20-2)11(5-10)7-17-8-16-6-12(15)14(17)19/h3-6,8H,7H2,1-2H3. The third-order valence-corrected chi connectivity index (χ3v) is 3.43. The van der Waals surface area contributed by atoms with Crippen molar-refractivity contribution >= 4 is 21.7 Å². The van der Waals surface area contributed by atoms with Gasteiger partial charge in [0.2, 0.25) is 0 Å². The molecule has 0 spiro atoms. The second-order valence-corrected chi connectivity index (χ2v) is 5.11. The van der Waals surface area contributed by atoms with Gasteiger partial charge in [-0.3, -0.25) is 14.2 Å². The molecule has 6 heteroatoms. The number of hydrogen-bond acceptors (Lipinski definition) is 4. The molecule has 0 N–H and O–H groups in total. The average molecular weight is 337 g/mol. The highest BCUT2D eigenvalue weighted by Gasteiger charge is 2.09. The zero-order valence-corrected chi connectivity index (χ0v) is 12.7.